The summed E-state index contributed by atoms with van der Waals surface area (Å²) in [5.41, 5.74) is -2.10. The average molecular weight is 511 g/mol. The minimum Gasteiger partial charge on any atom is -0.507 e. The molecule has 10 heteroatoms. The smallest absolute Gasteiger partial charge is 0.202 e. The van der Waals surface area contributed by atoms with Crippen molar-refractivity contribution >= 4 is 28.0 Å². The number of ether oxygens (including phenoxy) is 1. The summed E-state index contributed by atoms with van der Waals surface area (Å²) in [4.78, 5) is 33.4. The Labute approximate surface area is 211 Å². The number of benzene rings is 2. The normalized spacial score (nSPS) is 20.5. The van der Waals surface area contributed by atoms with Crippen LogP contribution in [-0.2, 0) is 12.0 Å². The van der Waals surface area contributed by atoms with E-state index in [-0.39, 0.29) is 52.0 Å². The molecule has 4 N–H and O–H groups in total. The van der Waals surface area contributed by atoms with E-state index >= 15 is 0 Å². The van der Waals surface area contributed by atoms with Gasteiger partial charge in [0.15, 0.2) is 10.9 Å². The first kappa shape index (κ1) is 24.2. The zero-order valence-electron chi connectivity index (χ0n) is 20.0. The number of carbonyl (C=O) groups is 2. The second-order valence-electron chi connectivity index (χ2n) is 9.00. The van der Waals surface area contributed by atoms with E-state index in [9.17, 15) is 30.0 Å². The Balaban J connectivity index is 1.66. The predicted molar refractivity (Wildman–Crippen MR) is 132 cm³/mol. The van der Waals surface area contributed by atoms with E-state index in [1.54, 1.807) is 11.4 Å². The molecule has 3 aromatic rings. The summed E-state index contributed by atoms with van der Waals surface area (Å²) in [6, 6.07) is 4.53. The van der Waals surface area contributed by atoms with E-state index in [0.717, 1.165) is 13.1 Å². The lowest BCUT2D eigenvalue weighted by molar-refractivity contribution is -0.0307. The van der Waals surface area contributed by atoms with E-state index < -0.39 is 34.8 Å². The fraction of sp³-hybridized carbons (Fsp3) is 0.346. The summed E-state index contributed by atoms with van der Waals surface area (Å²) in [6.45, 7) is 5.46. The molecule has 0 amide bonds. The molecule has 188 valence electrons. The van der Waals surface area contributed by atoms with Gasteiger partial charge in [-0.3, -0.25) is 9.59 Å². The molecule has 0 radical (unpaired) electrons. The van der Waals surface area contributed by atoms with Gasteiger partial charge in [0.05, 0.1) is 35.6 Å². The van der Waals surface area contributed by atoms with Gasteiger partial charge in [0.25, 0.3) is 0 Å². The number of aliphatic hydroxyl groups is 2. The largest absolute Gasteiger partial charge is 0.507 e. The van der Waals surface area contributed by atoms with E-state index in [2.05, 4.69) is 4.98 Å². The van der Waals surface area contributed by atoms with Gasteiger partial charge in [-0.05, 0) is 19.9 Å². The fourth-order valence-corrected chi connectivity index (χ4v) is 6.30. The van der Waals surface area contributed by atoms with Crippen LogP contribution >= 0.6 is 11.3 Å². The Kier molecular flexibility index (Phi) is 5.77. The molecule has 1 heterocycles. The highest BCUT2D eigenvalue weighted by Crippen LogP contribution is 2.52. The van der Waals surface area contributed by atoms with Gasteiger partial charge < -0.3 is 30.1 Å². The minimum absolute atomic E-state index is 0.0115. The first-order chi connectivity index (χ1) is 17.2. The molecule has 2 aliphatic rings. The molecule has 36 heavy (non-hydrogen) atoms. The molecule has 9 nitrogen and oxygen atoms in total. The number of phenolic OH excluding ortho intramolecular Hbond substituents is 2. The number of ketones is 2. The molecule has 0 bridgehead atoms. The maximum absolute atomic E-state index is 13.4. The zero-order valence-corrected chi connectivity index (χ0v) is 20.8. The van der Waals surface area contributed by atoms with Crippen LogP contribution in [0.3, 0.4) is 0 Å². The quantitative estimate of drug-likeness (QED) is 0.298. The molecule has 2 aromatic carbocycles. The van der Waals surface area contributed by atoms with Crippen molar-refractivity contribution in [2.75, 3.05) is 25.1 Å². The van der Waals surface area contributed by atoms with Crippen LogP contribution in [0.5, 0.6) is 17.2 Å². The Hall–Kier alpha value is -3.47. The summed E-state index contributed by atoms with van der Waals surface area (Å²) in [5.74, 6) is -2.31. The standard InChI is InChI=1S/C26H26N2O7S/c1-4-28(5-2)25-27-16(11-36-25)26(34)9-13-17(14(29)10-26)23(32)20-19(22(13)31)21(30)12-7-6-8-15(35-3)18(12)24(20)33/h6-8,11,14,29,31-32,34H,4-5,9-10H2,1-3H3/t14-,26-/m0/s1. The number of rotatable bonds is 5. The lowest BCUT2D eigenvalue weighted by Crippen LogP contribution is -2.37. The number of hydrogen-bond donors (Lipinski definition) is 4. The molecule has 5 rings (SSSR count). The summed E-state index contributed by atoms with van der Waals surface area (Å²) in [6.07, 6.45) is -1.84. The molecule has 0 unspecified atom stereocenters. The second-order valence-corrected chi connectivity index (χ2v) is 9.83. The Morgan fingerprint density at radius 1 is 1.11 bits per heavy atom. The Bertz CT molecular complexity index is 1410. The number of nitrogens with zero attached hydrogens (tertiary/aromatic N) is 2. The highest BCUT2D eigenvalue weighted by molar-refractivity contribution is 7.13. The number of aromatic nitrogens is 1. The van der Waals surface area contributed by atoms with Gasteiger partial charge in [-0.1, -0.05) is 12.1 Å². The third-order valence-corrected chi connectivity index (χ3v) is 8.00. The number of phenols is 2. The molecule has 2 aliphatic carbocycles. The Morgan fingerprint density at radius 3 is 2.47 bits per heavy atom. The van der Waals surface area contributed by atoms with Crippen LogP contribution in [0, 0.1) is 0 Å². The summed E-state index contributed by atoms with van der Waals surface area (Å²) in [5, 5.41) is 47.4. The topological polar surface area (TPSA) is 140 Å². The van der Waals surface area contributed by atoms with Gasteiger partial charge in [-0.15, -0.1) is 11.3 Å². The van der Waals surface area contributed by atoms with Crippen molar-refractivity contribution in [2.45, 2.75) is 38.4 Å². The summed E-state index contributed by atoms with van der Waals surface area (Å²) < 4.78 is 5.25. The molecule has 0 spiro atoms. The maximum Gasteiger partial charge on any atom is 0.202 e. The van der Waals surface area contributed by atoms with Crippen molar-refractivity contribution in [2.24, 2.45) is 0 Å². The first-order valence-electron chi connectivity index (χ1n) is 11.6. The summed E-state index contributed by atoms with van der Waals surface area (Å²) in [7, 11) is 1.36. The van der Waals surface area contributed by atoms with Gasteiger partial charge in [0, 0.05) is 48.0 Å². The molecular formula is C26H26N2O7S. The van der Waals surface area contributed by atoms with E-state index in [4.69, 9.17) is 4.74 Å². The number of carbonyl (C=O) groups excluding carboxylic acids is 2. The van der Waals surface area contributed by atoms with E-state index in [1.165, 1.54) is 30.6 Å². The third-order valence-electron chi connectivity index (χ3n) is 7.10. The van der Waals surface area contributed by atoms with Crippen LogP contribution in [0.1, 0.15) is 75.0 Å². The molecule has 0 aliphatic heterocycles. The third kappa shape index (κ3) is 3.32. The molecular weight excluding hydrogens is 484 g/mol. The van der Waals surface area contributed by atoms with Gasteiger partial charge in [0.2, 0.25) is 5.78 Å². The number of thiazole rings is 1. The van der Waals surface area contributed by atoms with E-state index in [1.807, 2.05) is 18.7 Å². The van der Waals surface area contributed by atoms with Gasteiger partial charge in [0.1, 0.15) is 22.8 Å². The van der Waals surface area contributed by atoms with Crippen LogP contribution in [0.25, 0.3) is 0 Å². The van der Waals surface area contributed by atoms with Crippen molar-refractivity contribution in [1.29, 1.82) is 0 Å². The SMILES string of the molecule is CCN(CC)c1nc([C@]2(O)Cc3c(O)c4c(c(O)c3[C@@H](O)C2)C(=O)c2c(OC)cccc2C4=O)cs1. The van der Waals surface area contributed by atoms with Gasteiger partial charge >= 0.3 is 0 Å². The van der Waals surface area contributed by atoms with Crippen molar-refractivity contribution in [1.82, 2.24) is 4.98 Å². The van der Waals surface area contributed by atoms with Crippen molar-refractivity contribution in [3.05, 3.63) is 62.7 Å². The number of hydrogen-bond acceptors (Lipinski definition) is 10. The van der Waals surface area contributed by atoms with E-state index in [0.29, 0.717) is 10.8 Å². The monoisotopic (exact) mass is 510 g/mol. The molecule has 0 saturated carbocycles. The number of aromatic hydroxyl groups is 2. The van der Waals surface area contributed by atoms with Crippen LogP contribution in [0.4, 0.5) is 5.13 Å². The highest BCUT2D eigenvalue weighted by Gasteiger charge is 2.47. The van der Waals surface area contributed by atoms with Crippen molar-refractivity contribution in [3.8, 4) is 17.2 Å². The maximum atomic E-state index is 13.4. The Morgan fingerprint density at radius 2 is 1.81 bits per heavy atom. The summed E-state index contributed by atoms with van der Waals surface area (Å²) >= 11 is 1.36. The van der Waals surface area contributed by atoms with Crippen LogP contribution < -0.4 is 9.64 Å². The van der Waals surface area contributed by atoms with Gasteiger partial charge in [-0.2, -0.15) is 0 Å². The van der Waals surface area contributed by atoms with Crippen LogP contribution in [0.2, 0.25) is 0 Å². The average Bonchev–Trinajstić information content (AvgIpc) is 3.35. The molecule has 1 aromatic heterocycles. The zero-order chi connectivity index (χ0) is 25.9. The predicted octanol–water partition coefficient (Wildman–Crippen LogP) is 3.05. The van der Waals surface area contributed by atoms with Crippen LogP contribution in [0.15, 0.2) is 23.6 Å². The first-order valence-corrected chi connectivity index (χ1v) is 12.5. The van der Waals surface area contributed by atoms with Crippen LogP contribution in [-0.4, -0.2) is 57.2 Å². The number of aliphatic hydroxyl groups excluding tert-OH is 1. The number of fused-ring (bicyclic) bond motifs is 3. The molecule has 0 saturated heterocycles. The minimum atomic E-state index is -1.66. The highest BCUT2D eigenvalue weighted by atomic mass is 32.1. The van der Waals surface area contributed by atoms with Gasteiger partial charge in [-0.25, -0.2) is 4.98 Å². The van der Waals surface area contributed by atoms with Crippen molar-refractivity contribution < 1.29 is 34.8 Å². The number of methoxy groups -OCH3 is 1. The molecule has 2 atom stereocenters. The second kappa shape index (κ2) is 8.58. The fourth-order valence-electron chi connectivity index (χ4n) is 5.26. The lowest BCUT2D eigenvalue weighted by Gasteiger charge is -2.37. The number of anilines is 1. The lowest BCUT2D eigenvalue weighted by atomic mass is 9.72. The van der Waals surface area contributed by atoms with Crippen molar-refractivity contribution in [3.63, 3.8) is 0 Å². The molecule has 0 fully saturated rings.